The maximum Gasteiger partial charge on any atom is 0.255 e. The third-order valence-corrected chi connectivity index (χ3v) is 4.14. The number of piperazine rings is 1. The lowest BCUT2D eigenvalue weighted by Gasteiger charge is -2.30. The number of halogens is 1. The molecule has 0 atom stereocenters. The number of ether oxygens (including phenoxy) is 1. The number of nitrogens with one attached hydrogen (secondary N) is 1. The Hall–Kier alpha value is -2.41. The maximum atomic E-state index is 13.6. The van der Waals surface area contributed by atoms with E-state index in [0.29, 0.717) is 25.5 Å². The lowest BCUT2D eigenvalue weighted by Crippen LogP contribution is -2.46. The Labute approximate surface area is 146 Å². The van der Waals surface area contributed by atoms with Gasteiger partial charge in [-0.25, -0.2) is 9.37 Å². The number of benzene rings is 1. The summed E-state index contributed by atoms with van der Waals surface area (Å²) in [6.07, 6.45) is 0.595. The van der Waals surface area contributed by atoms with Crippen molar-refractivity contribution < 1.29 is 9.13 Å². The fourth-order valence-electron chi connectivity index (χ4n) is 2.89. The summed E-state index contributed by atoms with van der Waals surface area (Å²) >= 11 is 0. The summed E-state index contributed by atoms with van der Waals surface area (Å²) in [6, 6.07) is 7.87. The van der Waals surface area contributed by atoms with Crippen molar-refractivity contribution in [2.75, 3.05) is 37.7 Å². The van der Waals surface area contributed by atoms with Crippen LogP contribution in [0.2, 0.25) is 0 Å². The van der Waals surface area contributed by atoms with Crippen molar-refractivity contribution in [3.8, 4) is 5.75 Å². The first kappa shape index (κ1) is 17.4. The molecule has 3 rings (SSSR count). The maximum absolute atomic E-state index is 13.6. The van der Waals surface area contributed by atoms with Crippen LogP contribution in [0.15, 0.2) is 35.1 Å². The second-order valence-electron chi connectivity index (χ2n) is 6.06. The number of aryl methyl sites for hydroxylation is 1. The smallest absolute Gasteiger partial charge is 0.255 e. The van der Waals surface area contributed by atoms with Crippen LogP contribution in [0.25, 0.3) is 0 Å². The number of hydrogen-bond donors (Lipinski definition) is 1. The summed E-state index contributed by atoms with van der Waals surface area (Å²) in [6.45, 7) is 6.05. The Bertz CT molecular complexity index is 772. The number of aromatic nitrogens is 2. The van der Waals surface area contributed by atoms with Gasteiger partial charge in [0.25, 0.3) is 5.56 Å². The van der Waals surface area contributed by atoms with Crippen LogP contribution >= 0.6 is 0 Å². The molecule has 0 spiro atoms. The van der Waals surface area contributed by atoms with Crippen LogP contribution < -0.4 is 20.5 Å². The lowest BCUT2D eigenvalue weighted by molar-refractivity contribution is 0.286. The van der Waals surface area contributed by atoms with Crippen molar-refractivity contribution in [2.24, 2.45) is 0 Å². The molecule has 2 aromatic rings. The Kier molecular flexibility index (Phi) is 5.65. The van der Waals surface area contributed by atoms with E-state index in [1.54, 1.807) is 28.8 Å². The molecule has 7 heteroatoms. The first-order valence-corrected chi connectivity index (χ1v) is 8.56. The van der Waals surface area contributed by atoms with E-state index in [1.165, 1.54) is 6.07 Å². The largest absolute Gasteiger partial charge is 0.490 e. The van der Waals surface area contributed by atoms with Gasteiger partial charge < -0.3 is 15.0 Å². The Balaban J connectivity index is 1.67. The molecule has 1 aliphatic heterocycles. The molecule has 1 N–H and O–H groups in total. The van der Waals surface area contributed by atoms with Gasteiger partial charge >= 0.3 is 0 Å². The van der Waals surface area contributed by atoms with Crippen LogP contribution in [0.5, 0.6) is 5.75 Å². The molecule has 0 radical (unpaired) electrons. The molecule has 25 heavy (non-hydrogen) atoms. The molecule has 0 saturated carbocycles. The van der Waals surface area contributed by atoms with E-state index in [-0.39, 0.29) is 17.1 Å². The highest BCUT2D eigenvalue weighted by atomic mass is 19.1. The van der Waals surface area contributed by atoms with E-state index in [2.05, 4.69) is 15.2 Å². The molecule has 0 unspecified atom stereocenters. The van der Waals surface area contributed by atoms with Crippen LogP contribution in [-0.4, -0.2) is 42.3 Å². The minimum Gasteiger partial charge on any atom is -0.490 e. The summed E-state index contributed by atoms with van der Waals surface area (Å²) in [4.78, 5) is 19.1. The first-order chi connectivity index (χ1) is 12.1. The Morgan fingerprint density at radius 1 is 1.28 bits per heavy atom. The highest BCUT2D eigenvalue weighted by Crippen LogP contribution is 2.16. The van der Waals surface area contributed by atoms with E-state index in [0.717, 1.165) is 31.9 Å². The van der Waals surface area contributed by atoms with Crippen molar-refractivity contribution in [3.05, 3.63) is 52.2 Å². The number of nitrogens with zero attached hydrogens (tertiary/aromatic N) is 3. The zero-order valence-electron chi connectivity index (χ0n) is 14.4. The molecule has 0 bridgehead atoms. The molecule has 1 fully saturated rings. The SMILES string of the molecule is Cc1cc(=O)n(CCCOc2ccccc2F)c(N2CCNCC2)n1. The quantitative estimate of drug-likeness (QED) is 0.805. The minimum atomic E-state index is -0.377. The average Bonchev–Trinajstić information content (AvgIpc) is 2.62. The van der Waals surface area contributed by atoms with Gasteiger partial charge in [0.2, 0.25) is 5.95 Å². The predicted octanol–water partition coefficient (Wildman–Crippen LogP) is 1.57. The third-order valence-electron chi connectivity index (χ3n) is 4.14. The summed E-state index contributed by atoms with van der Waals surface area (Å²) in [7, 11) is 0. The predicted molar refractivity (Wildman–Crippen MR) is 94.8 cm³/mol. The molecule has 0 aliphatic carbocycles. The molecule has 1 aromatic heterocycles. The summed E-state index contributed by atoms with van der Waals surface area (Å²) in [5.74, 6) is 0.565. The summed E-state index contributed by atoms with van der Waals surface area (Å²) in [5, 5.41) is 3.30. The number of para-hydroxylation sites is 1. The normalized spacial score (nSPS) is 14.6. The van der Waals surface area contributed by atoms with Crippen LogP contribution in [0.3, 0.4) is 0 Å². The van der Waals surface area contributed by atoms with Crippen molar-refractivity contribution >= 4 is 5.95 Å². The molecular formula is C18H23FN4O2. The highest BCUT2D eigenvalue weighted by molar-refractivity contribution is 5.33. The van der Waals surface area contributed by atoms with Crippen LogP contribution in [0.1, 0.15) is 12.1 Å². The standard InChI is InChI=1S/C18H23FN4O2/c1-14-13-17(24)23(18(21-14)22-10-7-20-8-11-22)9-4-12-25-16-6-3-2-5-15(16)19/h2-3,5-6,13,20H,4,7-12H2,1H3. The van der Waals surface area contributed by atoms with Gasteiger partial charge in [-0.1, -0.05) is 12.1 Å². The fourth-order valence-corrected chi connectivity index (χ4v) is 2.89. The number of hydrogen-bond acceptors (Lipinski definition) is 5. The van der Waals surface area contributed by atoms with Gasteiger partial charge in [0.15, 0.2) is 11.6 Å². The zero-order chi connectivity index (χ0) is 17.6. The molecule has 1 aliphatic rings. The third kappa shape index (κ3) is 4.36. The molecular weight excluding hydrogens is 323 g/mol. The number of anilines is 1. The van der Waals surface area contributed by atoms with Gasteiger partial charge in [-0.2, -0.15) is 0 Å². The summed E-state index contributed by atoms with van der Waals surface area (Å²) < 4.78 is 20.7. The van der Waals surface area contributed by atoms with Crippen molar-refractivity contribution in [3.63, 3.8) is 0 Å². The van der Waals surface area contributed by atoms with Gasteiger partial charge in [-0.15, -0.1) is 0 Å². The fraction of sp³-hybridized carbons (Fsp3) is 0.444. The van der Waals surface area contributed by atoms with Crippen LogP contribution in [0, 0.1) is 12.7 Å². The van der Waals surface area contributed by atoms with Gasteiger partial charge in [-0.3, -0.25) is 9.36 Å². The van der Waals surface area contributed by atoms with Crippen molar-refractivity contribution in [2.45, 2.75) is 19.9 Å². The summed E-state index contributed by atoms with van der Waals surface area (Å²) in [5.41, 5.74) is 0.657. The topological polar surface area (TPSA) is 59.4 Å². The molecule has 2 heterocycles. The van der Waals surface area contributed by atoms with E-state index < -0.39 is 0 Å². The van der Waals surface area contributed by atoms with Crippen molar-refractivity contribution in [1.29, 1.82) is 0 Å². The Morgan fingerprint density at radius 2 is 2.04 bits per heavy atom. The minimum absolute atomic E-state index is 0.0630. The monoisotopic (exact) mass is 346 g/mol. The molecule has 1 saturated heterocycles. The Morgan fingerprint density at radius 3 is 2.80 bits per heavy atom. The van der Waals surface area contributed by atoms with E-state index >= 15 is 0 Å². The lowest BCUT2D eigenvalue weighted by atomic mass is 10.3. The number of rotatable bonds is 6. The highest BCUT2D eigenvalue weighted by Gasteiger charge is 2.17. The average molecular weight is 346 g/mol. The van der Waals surface area contributed by atoms with Gasteiger partial charge in [0, 0.05) is 44.5 Å². The molecule has 1 aromatic carbocycles. The van der Waals surface area contributed by atoms with Crippen molar-refractivity contribution in [1.82, 2.24) is 14.9 Å². The van der Waals surface area contributed by atoms with E-state index in [1.807, 2.05) is 6.92 Å². The van der Waals surface area contributed by atoms with Gasteiger partial charge in [0.1, 0.15) is 0 Å². The van der Waals surface area contributed by atoms with E-state index in [4.69, 9.17) is 4.74 Å². The molecule has 134 valence electrons. The molecule has 0 amide bonds. The molecule has 6 nitrogen and oxygen atoms in total. The van der Waals surface area contributed by atoms with Crippen LogP contribution in [-0.2, 0) is 6.54 Å². The first-order valence-electron chi connectivity index (χ1n) is 8.56. The van der Waals surface area contributed by atoms with Gasteiger partial charge in [0.05, 0.1) is 6.61 Å². The van der Waals surface area contributed by atoms with Crippen LogP contribution in [0.4, 0.5) is 10.3 Å². The second-order valence-corrected chi connectivity index (χ2v) is 6.06. The van der Waals surface area contributed by atoms with E-state index in [9.17, 15) is 9.18 Å². The second kappa shape index (κ2) is 8.11. The van der Waals surface area contributed by atoms with Gasteiger partial charge in [-0.05, 0) is 25.5 Å². The zero-order valence-corrected chi connectivity index (χ0v) is 14.4.